The molecule has 0 radical (unpaired) electrons. The van der Waals surface area contributed by atoms with Crippen molar-refractivity contribution in [2.45, 2.75) is 6.92 Å². The van der Waals surface area contributed by atoms with Crippen molar-refractivity contribution in [3.63, 3.8) is 0 Å². The van der Waals surface area contributed by atoms with E-state index in [9.17, 15) is 4.79 Å². The lowest BCUT2D eigenvalue weighted by atomic mass is 10.2. The first-order chi connectivity index (χ1) is 12.6. The van der Waals surface area contributed by atoms with Crippen LogP contribution in [0.1, 0.15) is 11.1 Å². The summed E-state index contributed by atoms with van der Waals surface area (Å²) in [4.78, 5) is 11.8. The van der Waals surface area contributed by atoms with Crippen molar-refractivity contribution in [1.82, 2.24) is 5.43 Å². The molecule has 136 valence electrons. The van der Waals surface area contributed by atoms with Crippen molar-refractivity contribution in [1.29, 1.82) is 0 Å². The molecule has 0 aliphatic heterocycles. The molecule has 2 rings (SSSR count). The summed E-state index contributed by atoms with van der Waals surface area (Å²) in [6.07, 6.45) is 3.18. The van der Waals surface area contributed by atoms with E-state index in [0.29, 0.717) is 23.9 Å². The summed E-state index contributed by atoms with van der Waals surface area (Å²) in [7, 11) is 1.56. The second-order valence-electron chi connectivity index (χ2n) is 5.36. The number of methoxy groups -OCH3 is 1. The Morgan fingerprint density at radius 2 is 1.96 bits per heavy atom. The number of carbonyl (C=O) groups excluding carboxylic acids is 1. The second kappa shape index (κ2) is 9.88. The molecule has 0 bridgehead atoms. The van der Waals surface area contributed by atoms with Crippen LogP contribution in [-0.2, 0) is 4.79 Å². The molecule has 1 amide bonds. The van der Waals surface area contributed by atoms with E-state index < -0.39 is 0 Å². The van der Waals surface area contributed by atoms with Crippen LogP contribution in [0, 0.1) is 6.92 Å². The number of benzene rings is 2. The highest BCUT2D eigenvalue weighted by Gasteiger charge is 2.05. The van der Waals surface area contributed by atoms with Gasteiger partial charge >= 0.3 is 0 Å². The molecular weight excluding hydrogens is 332 g/mol. The Kier molecular flexibility index (Phi) is 7.24. The van der Waals surface area contributed by atoms with Gasteiger partial charge in [0, 0.05) is 0 Å². The quantitative estimate of drug-likeness (QED) is 0.427. The minimum absolute atomic E-state index is 0.111. The number of amides is 1. The van der Waals surface area contributed by atoms with Gasteiger partial charge in [-0.05, 0) is 42.3 Å². The molecule has 26 heavy (non-hydrogen) atoms. The molecule has 6 nitrogen and oxygen atoms in total. The van der Waals surface area contributed by atoms with Crippen LogP contribution in [0.3, 0.4) is 0 Å². The van der Waals surface area contributed by atoms with Crippen LogP contribution in [0.25, 0.3) is 0 Å². The Bertz CT molecular complexity index is 787. The molecular formula is C20H22N2O4. The summed E-state index contributed by atoms with van der Waals surface area (Å²) in [5.74, 6) is 1.51. The number of rotatable bonds is 9. The number of nitrogens with zero attached hydrogens (tertiary/aromatic N) is 1. The highest BCUT2D eigenvalue weighted by molar-refractivity contribution is 5.83. The zero-order chi connectivity index (χ0) is 18.8. The zero-order valence-corrected chi connectivity index (χ0v) is 14.9. The predicted octanol–water partition coefficient (Wildman–Crippen LogP) is 3.10. The molecule has 0 aromatic heterocycles. The molecule has 0 fully saturated rings. The first-order valence-electron chi connectivity index (χ1n) is 8.06. The van der Waals surface area contributed by atoms with Crippen molar-refractivity contribution in [3.05, 3.63) is 66.2 Å². The van der Waals surface area contributed by atoms with Gasteiger partial charge in [0.15, 0.2) is 18.1 Å². The summed E-state index contributed by atoms with van der Waals surface area (Å²) >= 11 is 0. The normalized spacial score (nSPS) is 10.4. The fourth-order valence-corrected chi connectivity index (χ4v) is 2.11. The van der Waals surface area contributed by atoms with Crippen LogP contribution in [0.4, 0.5) is 0 Å². The van der Waals surface area contributed by atoms with Crippen molar-refractivity contribution in [2.75, 3.05) is 20.3 Å². The largest absolute Gasteiger partial charge is 0.493 e. The number of para-hydroxylation sites is 1. The second-order valence-corrected chi connectivity index (χ2v) is 5.36. The lowest BCUT2D eigenvalue weighted by Crippen LogP contribution is -2.24. The maximum absolute atomic E-state index is 11.8. The maximum Gasteiger partial charge on any atom is 0.277 e. The molecule has 0 aliphatic rings. The van der Waals surface area contributed by atoms with E-state index in [-0.39, 0.29) is 12.5 Å². The lowest BCUT2D eigenvalue weighted by molar-refractivity contribution is -0.123. The smallest absolute Gasteiger partial charge is 0.277 e. The number of ether oxygens (including phenoxy) is 3. The number of aryl methyl sites for hydroxylation is 1. The van der Waals surface area contributed by atoms with Crippen molar-refractivity contribution in [3.8, 4) is 17.2 Å². The topological polar surface area (TPSA) is 69.2 Å². The number of hydrogen-bond donors (Lipinski definition) is 1. The van der Waals surface area contributed by atoms with Gasteiger partial charge in [0.1, 0.15) is 12.4 Å². The van der Waals surface area contributed by atoms with Gasteiger partial charge in [0.05, 0.1) is 13.3 Å². The number of nitrogens with one attached hydrogen (secondary N) is 1. The first kappa shape index (κ1) is 19.1. The van der Waals surface area contributed by atoms with Gasteiger partial charge in [-0.1, -0.05) is 30.9 Å². The van der Waals surface area contributed by atoms with E-state index in [2.05, 4.69) is 17.1 Å². The Labute approximate surface area is 153 Å². The van der Waals surface area contributed by atoms with Crippen LogP contribution in [0.15, 0.2) is 60.2 Å². The lowest BCUT2D eigenvalue weighted by Gasteiger charge is -2.09. The third-order valence-electron chi connectivity index (χ3n) is 3.40. The van der Waals surface area contributed by atoms with Crippen LogP contribution < -0.4 is 19.6 Å². The minimum atomic E-state index is -0.345. The van der Waals surface area contributed by atoms with E-state index >= 15 is 0 Å². The molecule has 2 aromatic rings. The predicted molar refractivity (Wildman–Crippen MR) is 101 cm³/mol. The Morgan fingerprint density at radius 1 is 1.15 bits per heavy atom. The molecule has 0 unspecified atom stereocenters. The zero-order valence-electron chi connectivity index (χ0n) is 14.9. The molecule has 0 aliphatic carbocycles. The van der Waals surface area contributed by atoms with E-state index in [4.69, 9.17) is 14.2 Å². The number of hydrazone groups is 1. The fourth-order valence-electron chi connectivity index (χ4n) is 2.11. The molecule has 6 heteroatoms. The Hall–Kier alpha value is -3.28. The minimum Gasteiger partial charge on any atom is -0.493 e. The summed E-state index contributed by atoms with van der Waals surface area (Å²) in [6.45, 7) is 5.80. The summed E-state index contributed by atoms with van der Waals surface area (Å²) < 4.78 is 16.2. The van der Waals surface area contributed by atoms with Crippen molar-refractivity contribution < 1.29 is 19.0 Å². The monoisotopic (exact) mass is 354 g/mol. The van der Waals surface area contributed by atoms with Crippen LogP contribution in [0.2, 0.25) is 0 Å². The van der Waals surface area contributed by atoms with Crippen LogP contribution >= 0.6 is 0 Å². The van der Waals surface area contributed by atoms with Crippen LogP contribution in [0.5, 0.6) is 17.2 Å². The summed E-state index contributed by atoms with van der Waals surface area (Å²) in [5.41, 5.74) is 4.15. The standard InChI is InChI=1S/C20H22N2O4/c1-4-11-25-18-10-9-16(12-19(18)24-3)13-21-22-20(23)14-26-17-8-6-5-7-15(17)2/h4-10,12-13H,1,11,14H2,2-3H3,(H,22,23)/b21-13+. The number of hydrogen-bond acceptors (Lipinski definition) is 5. The van der Waals surface area contributed by atoms with Crippen molar-refractivity contribution >= 4 is 12.1 Å². The van der Waals surface area contributed by atoms with Gasteiger partial charge in [0.2, 0.25) is 0 Å². The highest BCUT2D eigenvalue weighted by Crippen LogP contribution is 2.27. The van der Waals surface area contributed by atoms with E-state index in [1.807, 2.05) is 31.2 Å². The molecule has 0 spiro atoms. The van der Waals surface area contributed by atoms with E-state index in [0.717, 1.165) is 11.1 Å². The van der Waals surface area contributed by atoms with Crippen molar-refractivity contribution in [2.24, 2.45) is 5.10 Å². The van der Waals surface area contributed by atoms with Gasteiger partial charge in [-0.15, -0.1) is 0 Å². The molecule has 0 atom stereocenters. The third kappa shape index (κ3) is 5.66. The van der Waals surface area contributed by atoms with Gasteiger partial charge in [0.25, 0.3) is 5.91 Å². The van der Waals surface area contributed by atoms with Crippen LogP contribution in [-0.4, -0.2) is 32.4 Å². The average molecular weight is 354 g/mol. The third-order valence-corrected chi connectivity index (χ3v) is 3.40. The van der Waals surface area contributed by atoms with E-state index in [1.54, 1.807) is 31.4 Å². The Balaban J connectivity index is 1.88. The molecule has 1 N–H and O–H groups in total. The highest BCUT2D eigenvalue weighted by atomic mass is 16.5. The average Bonchev–Trinajstić information content (AvgIpc) is 2.66. The maximum atomic E-state index is 11.8. The van der Waals surface area contributed by atoms with Gasteiger partial charge < -0.3 is 14.2 Å². The van der Waals surface area contributed by atoms with Gasteiger partial charge in [-0.3, -0.25) is 4.79 Å². The summed E-state index contributed by atoms with van der Waals surface area (Å²) in [6, 6.07) is 12.8. The van der Waals surface area contributed by atoms with Gasteiger partial charge in [-0.25, -0.2) is 5.43 Å². The molecule has 0 saturated carbocycles. The SMILES string of the molecule is C=CCOc1ccc(/C=N/NC(=O)COc2ccccc2C)cc1OC. The van der Waals surface area contributed by atoms with Gasteiger partial charge in [-0.2, -0.15) is 5.10 Å². The molecule has 2 aromatic carbocycles. The molecule has 0 heterocycles. The van der Waals surface area contributed by atoms with E-state index in [1.165, 1.54) is 6.21 Å². The Morgan fingerprint density at radius 3 is 2.69 bits per heavy atom. The number of carbonyl (C=O) groups is 1. The fraction of sp³-hybridized carbons (Fsp3) is 0.200. The first-order valence-corrected chi connectivity index (χ1v) is 8.06. The summed E-state index contributed by atoms with van der Waals surface area (Å²) in [5, 5.41) is 3.93. The molecule has 0 saturated heterocycles.